The van der Waals surface area contributed by atoms with E-state index >= 15 is 0 Å². The predicted molar refractivity (Wildman–Crippen MR) is 74.8 cm³/mol. The Balaban J connectivity index is 2.02. The van der Waals surface area contributed by atoms with Crippen molar-refractivity contribution in [3.05, 3.63) is 45.1 Å². The fourth-order valence-electron chi connectivity index (χ4n) is 2.10. The topological polar surface area (TPSA) is 102 Å². The van der Waals surface area contributed by atoms with Gasteiger partial charge < -0.3 is 5.11 Å². The van der Waals surface area contributed by atoms with Gasteiger partial charge in [-0.1, -0.05) is 12.1 Å². The van der Waals surface area contributed by atoms with E-state index in [4.69, 9.17) is 5.11 Å². The molecule has 1 N–H and O–H groups in total. The van der Waals surface area contributed by atoms with Gasteiger partial charge in [-0.25, -0.2) is 14.5 Å². The molecule has 3 aromatic rings. The number of aromatic carboxylic acids is 1. The molecule has 108 valence electrons. The number of nitrogens with zero attached hydrogens (tertiary/aromatic N) is 5. The summed E-state index contributed by atoms with van der Waals surface area (Å²) >= 11 is 1.36. The minimum absolute atomic E-state index is 0.0635. The molecule has 0 atom stereocenters. The molecule has 0 saturated heterocycles. The molecule has 0 spiro atoms. The van der Waals surface area contributed by atoms with Crippen LogP contribution in [0, 0.1) is 0 Å². The zero-order valence-electron chi connectivity index (χ0n) is 11.1. The quantitative estimate of drug-likeness (QED) is 0.759. The zero-order valence-corrected chi connectivity index (χ0v) is 11.9. The molecule has 0 bridgehead atoms. The molecule has 0 radical (unpaired) electrons. The van der Waals surface area contributed by atoms with Crippen molar-refractivity contribution in [2.24, 2.45) is 0 Å². The number of hydrogen-bond donors (Lipinski definition) is 1. The average molecular weight is 305 g/mol. The van der Waals surface area contributed by atoms with Gasteiger partial charge in [0.1, 0.15) is 0 Å². The maximum absolute atomic E-state index is 11.9. The van der Waals surface area contributed by atoms with E-state index in [-0.39, 0.29) is 17.8 Å². The summed E-state index contributed by atoms with van der Waals surface area (Å²) in [4.78, 5) is 27.9. The third kappa shape index (κ3) is 2.31. The molecular weight excluding hydrogens is 294 g/mol. The largest absolute Gasteiger partial charge is 0.476 e. The van der Waals surface area contributed by atoms with E-state index in [0.29, 0.717) is 22.8 Å². The molecule has 0 fully saturated rings. The molecule has 0 aromatic carbocycles. The fraction of sp³-hybridized carbons (Fsp3) is 0.250. The van der Waals surface area contributed by atoms with Crippen molar-refractivity contribution in [3.8, 4) is 0 Å². The van der Waals surface area contributed by atoms with Gasteiger partial charge in [0, 0.05) is 17.6 Å². The van der Waals surface area contributed by atoms with Gasteiger partial charge in [-0.15, -0.1) is 16.4 Å². The van der Waals surface area contributed by atoms with Crippen molar-refractivity contribution >= 4 is 22.3 Å². The van der Waals surface area contributed by atoms with E-state index in [9.17, 15) is 9.59 Å². The third-order valence-electron chi connectivity index (χ3n) is 3.04. The second-order valence-corrected chi connectivity index (χ2v) is 5.22. The Bertz CT molecular complexity index is 879. The first-order valence-electron chi connectivity index (χ1n) is 6.21. The van der Waals surface area contributed by atoms with Crippen LogP contribution in [0.5, 0.6) is 0 Å². The highest BCUT2D eigenvalue weighted by molar-refractivity contribution is 7.15. The summed E-state index contributed by atoms with van der Waals surface area (Å²) in [6.45, 7) is 2.04. The number of rotatable bonds is 4. The SMILES string of the molecule is CCc1c(C(=O)O)nnn1Cc1cc(=O)n2ccsc2n1. The van der Waals surface area contributed by atoms with Crippen molar-refractivity contribution in [3.63, 3.8) is 0 Å². The van der Waals surface area contributed by atoms with Gasteiger partial charge in [0.05, 0.1) is 17.9 Å². The fourth-order valence-corrected chi connectivity index (χ4v) is 2.84. The van der Waals surface area contributed by atoms with Crippen molar-refractivity contribution in [1.82, 2.24) is 24.4 Å². The van der Waals surface area contributed by atoms with Crippen LogP contribution in [0.4, 0.5) is 0 Å². The van der Waals surface area contributed by atoms with Crippen LogP contribution in [0.1, 0.15) is 28.8 Å². The summed E-state index contributed by atoms with van der Waals surface area (Å²) in [5.74, 6) is -1.11. The summed E-state index contributed by atoms with van der Waals surface area (Å²) < 4.78 is 2.92. The lowest BCUT2D eigenvalue weighted by Crippen LogP contribution is -2.16. The molecule has 8 nitrogen and oxygen atoms in total. The molecule has 3 heterocycles. The highest BCUT2D eigenvalue weighted by Gasteiger charge is 2.18. The highest BCUT2D eigenvalue weighted by atomic mass is 32.1. The van der Waals surface area contributed by atoms with Gasteiger partial charge in [0.15, 0.2) is 10.7 Å². The lowest BCUT2D eigenvalue weighted by Gasteiger charge is -2.04. The van der Waals surface area contributed by atoms with Gasteiger partial charge in [-0.2, -0.15) is 0 Å². The van der Waals surface area contributed by atoms with Crippen molar-refractivity contribution < 1.29 is 9.90 Å². The van der Waals surface area contributed by atoms with Gasteiger partial charge in [-0.3, -0.25) is 9.20 Å². The van der Waals surface area contributed by atoms with Gasteiger partial charge in [0.25, 0.3) is 5.56 Å². The molecule has 3 rings (SSSR count). The Kier molecular flexibility index (Phi) is 3.26. The van der Waals surface area contributed by atoms with Gasteiger partial charge in [-0.05, 0) is 6.42 Å². The van der Waals surface area contributed by atoms with Crippen LogP contribution in [-0.2, 0) is 13.0 Å². The number of carboxylic acids is 1. The Morgan fingerprint density at radius 2 is 2.29 bits per heavy atom. The summed E-state index contributed by atoms with van der Waals surface area (Å²) in [6, 6.07) is 1.42. The van der Waals surface area contributed by atoms with E-state index in [2.05, 4.69) is 15.3 Å². The van der Waals surface area contributed by atoms with Crippen molar-refractivity contribution in [2.75, 3.05) is 0 Å². The maximum Gasteiger partial charge on any atom is 0.358 e. The van der Waals surface area contributed by atoms with E-state index in [0.717, 1.165) is 0 Å². The van der Waals surface area contributed by atoms with Crippen LogP contribution in [0.2, 0.25) is 0 Å². The average Bonchev–Trinajstić information content (AvgIpc) is 3.05. The van der Waals surface area contributed by atoms with E-state index in [1.165, 1.54) is 26.5 Å². The summed E-state index contributed by atoms with van der Waals surface area (Å²) in [5.41, 5.74) is 0.800. The van der Waals surface area contributed by atoms with Crippen LogP contribution in [0.25, 0.3) is 4.96 Å². The second-order valence-electron chi connectivity index (χ2n) is 4.34. The first-order chi connectivity index (χ1) is 10.1. The number of thiazole rings is 1. The van der Waals surface area contributed by atoms with Crippen LogP contribution < -0.4 is 5.56 Å². The van der Waals surface area contributed by atoms with Crippen LogP contribution in [-0.4, -0.2) is 35.5 Å². The molecule has 0 aliphatic heterocycles. The predicted octanol–water partition coefficient (Wildman–Crippen LogP) is 0.656. The molecule has 0 amide bonds. The molecule has 0 saturated carbocycles. The molecule has 3 aromatic heterocycles. The Morgan fingerprint density at radius 1 is 1.48 bits per heavy atom. The molecule has 9 heteroatoms. The normalized spacial score (nSPS) is 11.1. The van der Waals surface area contributed by atoms with E-state index in [1.807, 2.05) is 6.92 Å². The molecular formula is C12H11N5O3S. The maximum atomic E-state index is 11.9. The van der Waals surface area contributed by atoms with Crippen molar-refractivity contribution in [2.45, 2.75) is 19.9 Å². The first kappa shape index (κ1) is 13.4. The lowest BCUT2D eigenvalue weighted by molar-refractivity contribution is 0.0689. The van der Waals surface area contributed by atoms with E-state index in [1.54, 1.807) is 11.6 Å². The second kappa shape index (κ2) is 5.09. The first-order valence-corrected chi connectivity index (χ1v) is 7.09. The monoisotopic (exact) mass is 305 g/mol. The Labute approximate surface area is 122 Å². The molecule has 0 unspecified atom stereocenters. The number of carbonyl (C=O) groups is 1. The number of aromatic nitrogens is 5. The molecule has 0 aliphatic carbocycles. The van der Waals surface area contributed by atoms with E-state index < -0.39 is 5.97 Å². The lowest BCUT2D eigenvalue weighted by atomic mass is 10.2. The standard InChI is InChI=1S/C12H11N5O3S/c1-2-8-10(11(19)20)14-15-17(8)6-7-5-9(18)16-3-4-21-12(16)13-7/h3-5H,2,6H2,1H3,(H,19,20). The number of fused-ring (bicyclic) bond motifs is 1. The summed E-state index contributed by atoms with van der Waals surface area (Å²) in [5, 5.41) is 18.3. The minimum atomic E-state index is -1.11. The third-order valence-corrected chi connectivity index (χ3v) is 3.80. The van der Waals surface area contributed by atoms with Gasteiger partial charge in [0.2, 0.25) is 0 Å². The minimum Gasteiger partial charge on any atom is -0.476 e. The van der Waals surface area contributed by atoms with Crippen LogP contribution >= 0.6 is 11.3 Å². The smallest absolute Gasteiger partial charge is 0.358 e. The number of carboxylic acid groups (broad SMARTS) is 1. The van der Waals surface area contributed by atoms with Crippen LogP contribution in [0.3, 0.4) is 0 Å². The Hall–Kier alpha value is -2.55. The Morgan fingerprint density at radius 3 is 3.00 bits per heavy atom. The summed E-state index contributed by atoms with van der Waals surface area (Å²) in [6.07, 6.45) is 2.14. The molecule has 21 heavy (non-hydrogen) atoms. The van der Waals surface area contributed by atoms with Gasteiger partial charge >= 0.3 is 5.97 Å². The van der Waals surface area contributed by atoms with Crippen LogP contribution in [0.15, 0.2) is 22.4 Å². The highest BCUT2D eigenvalue weighted by Crippen LogP contribution is 2.10. The summed E-state index contributed by atoms with van der Waals surface area (Å²) in [7, 11) is 0. The molecule has 0 aliphatic rings. The van der Waals surface area contributed by atoms with Crippen molar-refractivity contribution in [1.29, 1.82) is 0 Å². The number of hydrogen-bond acceptors (Lipinski definition) is 6. The zero-order chi connectivity index (χ0) is 15.0.